The summed E-state index contributed by atoms with van der Waals surface area (Å²) < 4.78 is 0. The number of hydrogen-bond donors (Lipinski definition) is 1. The molecule has 1 aromatic carbocycles. The number of pyridine rings is 2. The Bertz CT molecular complexity index is 865. The van der Waals surface area contributed by atoms with Crippen LogP contribution < -0.4 is 10.2 Å². The Balaban J connectivity index is 1.45. The Kier molecular flexibility index (Phi) is 4.26. The summed E-state index contributed by atoms with van der Waals surface area (Å²) in [5.74, 6) is 1.09. The molecule has 4 nitrogen and oxygen atoms in total. The molecule has 4 heteroatoms. The number of nitrogens with zero attached hydrogens (tertiary/aromatic N) is 3. The van der Waals surface area contributed by atoms with Crippen LogP contribution in [0.2, 0.25) is 0 Å². The molecule has 0 bridgehead atoms. The van der Waals surface area contributed by atoms with Crippen LogP contribution >= 0.6 is 0 Å². The van der Waals surface area contributed by atoms with Crippen molar-refractivity contribution in [3.8, 4) is 0 Å². The van der Waals surface area contributed by atoms with Crippen molar-refractivity contribution in [1.82, 2.24) is 9.97 Å². The Hall–Kier alpha value is -2.62. The highest BCUT2D eigenvalue weighted by atomic mass is 15.2. The van der Waals surface area contributed by atoms with E-state index in [4.69, 9.17) is 0 Å². The highest BCUT2D eigenvalue weighted by molar-refractivity contribution is 5.92. The molecular formula is C21H24N4. The SMILES string of the molecule is Cc1ccc(N2CCC(Nc3ccnc4c(C)cccc34)CC2)nc1. The van der Waals surface area contributed by atoms with E-state index in [1.54, 1.807) is 0 Å². The van der Waals surface area contributed by atoms with Gasteiger partial charge in [0.25, 0.3) is 0 Å². The maximum absolute atomic E-state index is 4.56. The lowest BCUT2D eigenvalue weighted by Gasteiger charge is -2.33. The van der Waals surface area contributed by atoms with Gasteiger partial charge in [0.2, 0.25) is 0 Å². The maximum atomic E-state index is 4.56. The van der Waals surface area contributed by atoms with E-state index in [2.05, 4.69) is 70.4 Å². The second-order valence-electron chi connectivity index (χ2n) is 6.93. The van der Waals surface area contributed by atoms with Gasteiger partial charge in [-0.25, -0.2) is 4.98 Å². The van der Waals surface area contributed by atoms with Gasteiger partial charge in [0.05, 0.1) is 5.52 Å². The van der Waals surface area contributed by atoms with Gasteiger partial charge < -0.3 is 10.2 Å². The number of nitrogens with one attached hydrogen (secondary N) is 1. The lowest BCUT2D eigenvalue weighted by molar-refractivity contribution is 0.524. The largest absolute Gasteiger partial charge is 0.382 e. The van der Waals surface area contributed by atoms with E-state index < -0.39 is 0 Å². The van der Waals surface area contributed by atoms with Crippen molar-refractivity contribution in [3.63, 3.8) is 0 Å². The molecule has 0 atom stereocenters. The Labute approximate surface area is 148 Å². The van der Waals surface area contributed by atoms with Crippen molar-refractivity contribution in [2.24, 2.45) is 0 Å². The third kappa shape index (κ3) is 3.29. The summed E-state index contributed by atoms with van der Waals surface area (Å²) in [6, 6.07) is 13.2. The number of para-hydroxylation sites is 1. The maximum Gasteiger partial charge on any atom is 0.128 e. The summed E-state index contributed by atoms with van der Waals surface area (Å²) in [5.41, 5.74) is 4.72. The minimum absolute atomic E-state index is 0.493. The molecule has 0 amide bonds. The van der Waals surface area contributed by atoms with Gasteiger partial charge in [-0.05, 0) is 49.9 Å². The molecule has 1 saturated heterocycles. The smallest absolute Gasteiger partial charge is 0.128 e. The molecule has 1 aliphatic rings. The Morgan fingerprint density at radius 3 is 2.60 bits per heavy atom. The van der Waals surface area contributed by atoms with Crippen molar-refractivity contribution in [3.05, 3.63) is 59.9 Å². The minimum Gasteiger partial charge on any atom is -0.382 e. The van der Waals surface area contributed by atoms with Crippen LogP contribution in [0.3, 0.4) is 0 Å². The molecule has 1 N–H and O–H groups in total. The first-order valence-electron chi connectivity index (χ1n) is 8.99. The molecule has 4 rings (SSSR count). The molecule has 3 heterocycles. The van der Waals surface area contributed by atoms with Crippen molar-refractivity contribution in [2.45, 2.75) is 32.7 Å². The van der Waals surface area contributed by atoms with Crippen LogP contribution in [0.4, 0.5) is 11.5 Å². The van der Waals surface area contributed by atoms with Gasteiger partial charge in [0.1, 0.15) is 5.82 Å². The van der Waals surface area contributed by atoms with Gasteiger partial charge >= 0.3 is 0 Å². The zero-order valence-corrected chi connectivity index (χ0v) is 14.9. The first-order valence-corrected chi connectivity index (χ1v) is 8.99. The van der Waals surface area contributed by atoms with Crippen LogP contribution in [0.15, 0.2) is 48.8 Å². The van der Waals surface area contributed by atoms with E-state index in [0.29, 0.717) is 6.04 Å². The summed E-state index contributed by atoms with van der Waals surface area (Å²) in [5, 5.41) is 4.96. The molecule has 0 radical (unpaired) electrons. The topological polar surface area (TPSA) is 41.0 Å². The van der Waals surface area contributed by atoms with Crippen LogP contribution in [0.25, 0.3) is 10.9 Å². The summed E-state index contributed by atoms with van der Waals surface area (Å²) >= 11 is 0. The number of aromatic nitrogens is 2. The Morgan fingerprint density at radius 1 is 1.00 bits per heavy atom. The summed E-state index contributed by atoms with van der Waals surface area (Å²) in [6.45, 7) is 6.27. The molecule has 3 aromatic rings. The number of rotatable bonds is 3. The van der Waals surface area contributed by atoms with Crippen molar-refractivity contribution >= 4 is 22.4 Å². The number of hydrogen-bond acceptors (Lipinski definition) is 4. The van der Waals surface area contributed by atoms with Gasteiger partial charge in [0.15, 0.2) is 0 Å². The molecule has 2 aromatic heterocycles. The fourth-order valence-corrected chi connectivity index (χ4v) is 3.57. The molecule has 1 fully saturated rings. The standard InChI is InChI=1S/C21H24N4/c1-15-6-7-20(23-14-15)25-12-9-17(10-13-25)24-19-8-11-22-21-16(2)4-3-5-18(19)21/h3-8,11,14,17H,9-10,12-13H2,1-2H3,(H,22,24). The molecule has 128 valence electrons. The second-order valence-corrected chi connectivity index (χ2v) is 6.93. The normalized spacial score (nSPS) is 15.5. The minimum atomic E-state index is 0.493. The lowest BCUT2D eigenvalue weighted by Crippen LogP contribution is -2.39. The molecule has 1 aliphatic heterocycles. The van der Waals surface area contributed by atoms with Crippen molar-refractivity contribution < 1.29 is 0 Å². The summed E-state index contributed by atoms with van der Waals surface area (Å²) in [7, 11) is 0. The van der Waals surface area contributed by atoms with E-state index in [1.165, 1.54) is 22.2 Å². The second kappa shape index (κ2) is 6.71. The Morgan fingerprint density at radius 2 is 1.84 bits per heavy atom. The molecule has 25 heavy (non-hydrogen) atoms. The zero-order chi connectivity index (χ0) is 17.2. The third-order valence-corrected chi connectivity index (χ3v) is 5.05. The molecule has 0 spiro atoms. The van der Waals surface area contributed by atoms with Gasteiger partial charge in [-0.3, -0.25) is 4.98 Å². The van der Waals surface area contributed by atoms with Crippen LogP contribution in [0, 0.1) is 13.8 Å². The van der Waals surface area contributed by atoms with Crippen molar-refractivity contribution in [1.29, 1.82) is 0 Å². The van der Waals surface area contributed by atoms with E-state index in [1.807, 2.05) is 12.4 Å². The third-order valence-electron chi connectivity index (χ3n) is 5.05. The van der Waals surface area contributed by atoms with Crippen molar-refractivity contribution in [2.75, 3.05) is 23.3 Å². The molecule has 0 aliphatic carbocycles. The first-order chi connectivity index (χ1) is 12.2. The molecular weight excluding hydrogens is 308 g/mol. The van der Waals surface area contributed by atoms with E-state index >= 15 is 0 Å². The number of piperidine rings is 1. The average molecular weight is 332 g/mol. The zero-order valence-electron chi connectivity index (χ0n) is 14.9. The highest BCUT2D eigenvalue weighted by Gasteiger charge is 2.20. The van der Waals surface area contributed by atoms with Crippen LogP contribution in [0.1, 0.15) is 24.0 Å². The number of anilines is 2. The first kappa shape index (κ1) is 15.9. The summed E-state index contributed by atoms with van der Waals surface area (Å²) in [6.07, 6.45) is 6.09. The average Bonchev–Trinajstić information content (AvgIpc) is 2.64. The number of benzene rings is 1. The van der Waals surface area contributed by atoms with Crippen LogP contribution in [0.5, 0.6) is 0 Å². The van der Waals surface area contributed by atoms with Crippen LogP contribution in [-0.2, 0) is 0 Å². The van der Waals surface area contributed by atoms with E-state index in [9.17, 15) is 0 Å². The van der Waals surface area contributed by atoms with Gasteiger partial charge in [-0.1, -0.05) is 24.3 Å². The van der Waals surface area contributed by atoms with Gasteiger partial charge in [-0.15, -0.1) is 0 Å². The predicted octanol–water partition coefficient (Wildman–Crippen LogP) is 4.33. The lowest BCUT2D eigenvalue weighted by atomic mass is 10.0. The fraction of sp³-hybridized carbons (Fsp3) is 0.333. The van der Waals surface area contributed by atoms with Gasteiger partial charge in [0, 0.05) is 42.6 Å². The predicted molar refractivity (Wildman–Crippen MR) is 104 cm³/mol. The molecule has 0 saturated carbocycles. The molecule has 0 unspecified atom stereocenters. The number of aryl methyl sites for hydroxylation is 2. The fourth-order valence-electron chi connectivity index (χ4n) is 3.57. The van der Waals surface area contributed by atoms with E-state index in [0.717, 1.165) is 37.3 Å². The van der Waals surface area contributed by atoms with Gasteiger partial charge in [-0.2, -0.15) is 0 Å². The number of fused-ring (bicyclic) bond motifs is 1. The van der Waals surface area contributed by atoms with Crippen LogP contribution in [-0.4, -0.2) is 29.1 Å². The van der Waals surface area contributed by atoms with E-state index in [-0.39, 0.29) is 0 Å². The monoisotopic (exact) mass is 332 g/mol. The summed E-state index contributed by atoms with van der Waals surface area (Å²) in [4.78, 5) is 11.5. The highest BCUT2D eigenvalue weighted by Crippen LogP contribution is 2.27. The quantitative estimate of drug-likeness (QED) is 0.775.